The zero-order valence-corrected chi connectivity index (χ0v) is 35.2. The number of alkyl carbamates (subject to hydrolysis) is 1. The molecule has 0 fully saturated rings. The van der Waals surface area contributed by atoms with Gasteiger partial charge in [0.25, 0.3) is 0 Å². The molecule has 2 aromatic carbocycles. The maximum Gasteiger partial charge on any atom is 0.407 e. The number of ether oxygens (including phenoxy) is 12. The molecule has 1 N–H and O–H groups in total. The molecular weight excluding hydrogens is 750 g/mol. The lowest BCUT2D eigenvalue weighted by molar-refractivity contribution is -0.0266. The van der Waals surface area contributed by atoms with Gasteiger partial charge in [0, 0.05) is 6.54 Å². The van der Waals surface area contributed by atoms with Crippen molar-refractivity contribution in [3.05, 3.63) is 65.7 Å². The molecule has 0 heterocycles. The van der Waals surface area contributed by atoms with Crippen LogP contribution in [0.3, 0.4) is 0 Å². The van der Waals surface area contributed by atoms with E-state index in [1.165, 1.54) is 44.1 Å². The van der Waals surface area contributed by atoms with Gasteiger partial charge in [0.05, 0.1) is 132 Å². The quantitative estimate of drug-likeness (QED) is 0.0777. The van der Waals surface area contributed by atoms with Gasteiger partial charge in [-0.1, -0.05) is 81.5 Å². The largest absolute Gasteiger partial charge is 0.491 e. The summed E-state index contributed by atoms with van der Waals surface area (Å²) < 4.78 is 66.0. The van der Waals surface area contributed by atoms with Crippen LogP contribution in [0.5, 0.6) is 5.75 Å². The van der Waals surface area contributed by atoms with E-state index in [0.717, 1.165) is 17.7 Å². The summed E-state index contributed by atoms with van der Waals surface area (Å²) in [6, 6.07) is 17.9. The van der Waals surface area contributed by atoms with Crippen molar-refractivity contribution in [1.82, 2.24) is 5.32 Å². The molecule has 2 rings (SSSR count). The molecule has 0 saturated heterocycles. The molecule has 0 spiro atoms. The minimum Gasteiger partial charge on any atom is -0.491 e. The Labute approximate surface area is 347 Å². The summed E-state index contributed by atoms with van der Waals surface area (Å²) in [5.41, 5.74) is 2.31. The minimum atomic E-state index is -0.469. The Kier molecular flexibility index (Phi) is 36.1. The van der Waals surface area contributed by atoms with E-state index in [9.17, 15) is 4.79 Å². The first-order valence-corrected chi connectivity index (χ1v) is 21.2. The molecule has 0 aliphatic heterocycles. The Morgan fingerprint density at radius 1 is 0.431 bits per heavy atom. The van der Waals surface area contributed by atoms with Crippen molar-refractivity contribution in [1.29, 1.82) is 0 Å². The van der Waals surface area contributed by atoms with Gasteiger partial charge in [0.2, 0.25) is 0 Å². The smallest absolute Gasteiger partial charge is 0.407 e. The van der Waals surface area contributed by atoms with Crippen molar-refractivity contribution in [2.24, 2.45) is 0 Å². The van der Waals surface area contributed by atoms with Crippen LogP contribution in [0.4, 0.5) is 4.79 Å². The third-order valence-electron chi connectivity index (χ3n) is 8.32. The fraction of sp³-hybridized carbons (Fsp3) is 0.705. The molecule has 0 aliphatic rings. The molecule has 0 bridgehead atoms. The highest BCUT2D eigenvalue weighted by atomic mass is 16.6. The number of amides is 1. The second-order valence-electron chi connectivity index (χ2n) is 13.1. The zero-order valence-electron chi connectivity index (χ0n) is 35.2. The monoisotopic (exact) mass is 824 g/mol. The van der Waals surface area contributed by atoms with Crippen LogP contribution in [0, 0.1) is 0 Å². The molecule has 0 radical (unpaired) electrons. The van der Waals surface area contributed by atoms with Crippen LogP contribution >= 0.6 is 0 Å². The normalized spacial score (nSPS) is 11.3. The van der Waals surface area contributed by atoms with Gasteiger partial charge in [-0.15, -0.1) is 0 Å². The maximum absolute atomic E-state index is 11.7. The molecule has 0 unspecified atom stereocenters. The van der Waals surface area contributed by atoms with E-state index in [2.05, 4.69) is 24.4 Å². The van der Waals surface area contributed by atoms with Gasteiger partial charge in [-0.3, -0.25) is 0 Å². The summed E-state index contributed by atoms with van der Waals surface area (Å²) >= 11 is 0. The van der Waals surface area contributed by atoms with Gasteiger partial charge in [-0.05, 0) is 36.1 Å². The minimum absolute atomic E-state index is 0.237. The summed E-state index contributed by atoms with van der Waals surface area (Å²) in [5.74, 6) is 0.881. The van der Waals surface area contributed by atoms with Crippen molar-refractivity contribution in [3.8, 4) is 5.75 Å². The predicted molar refractivity (Wildman–Crippen MR) is 222 cm³/mol. The number of benzene rings is 2. The van der Waals surface area contributed by atoms with Crippen molar-refractivity contribution >= 4 is 6.09 Å². The number of aryl methyl sites for hydroxylation is 1. The lowest BCUT2D eigenvalue weighted by Gasteiger charge is -2.09. The summed E-state index contributed by atoms with van der Waals surface area (Å²) in [7, 11) is 0. The van der Waals surface area contributed by atoms with Gasteiger partial charge in [-0.25, -0.2) is 4.79 Å². The Balaban J connectivity index is 1.16. The molecule has 2 aromatic rings. The first-order chi connectivity index (χ1) is 28.8. The SMILES string of the molecule is CCCCCCCCc1ccc(OCCOCCOCCOCCOCCOCCOCCOCCOCCOCCOCCNC(=O)OCc2ccccc2)cc1. The van der Waals surface area contributed by atoms with Gasteiger partial charge < -0.3 is 62.2 Å². The zero-order chi connectivity index (χ0) is 41.1. The topological polar surface area (TPSA) is 140 Å². The molecule has 58 heavy (non-hydrogen) atoms. The number of nitrogens with one attached hydrogen (secondary N) is 1. The predicted octanol–water partition coefficient (Wildman–Crippen LogP) is 6.06. The summed E-state index contributed by atoms with van der Waals surface area (Å²) in [6.07, 6.45) is 8.59. The highest BCUT2D eigenvalue weighted by molar-refractivity contribution is 5.67. The molecular formula is C44H73NO13. The van der Waals surface area contributed by atoms with E-state index < -0.39 is 6.09 Å². The van der Waals surface area contributed by atoms with Crippen LogP contribution in [0.15, 0.2) is 54.6 Å². The van der Waals surface area contributed by atoms with E-state index >= 15 is 0 Å². The van der Waals surface area contributed by atoms with Gasteiger partial charge in [-0.2, -0.15) is 0 Å². The van der Waals surface area contributed by atoms with Crippen LogP contribution in [0.2, 0.25) is 0 Å². The Hall–Kier alpha value is -2.89. The number of unbranched alkanes of at least 4 members (excludes halogenated alkanes) is 5. The lowest BCUT2D eigenvalue weighted by Crippen LogP contribution is -2.28. The Morgan fingerprint density at radius 2 is 0.828 bits per heavy atom. The van der Waals surface area contributed by atoms with Gasteiger partial charge >= 0.3 is 6.09 Å². The average molecular weight is 824 g/mol. The van der Waals surface area contributed by atoms with Gasteiger partial charge in [0.15, 0.2) is 0 Å². The second kappa shape index (κ2) is 40.9. The van der Waals surface area contributed by atoms with Crippen molar-refractivity contribution in [2.45, 2.75) is 58.5 Å². The fourth-order valence-corrected chi connectivity index (χ4v) is 5.16. The maximum atomic E-state index is 11.7. The third kappa shape index (κ3) is 34.0. The molecule has 0 aliphatic carbocycles. The van der Waals surface area contributed by atoms with Crippen LogP contribution in [-0.2, 0) is 65.1 Å². The third-order valence-corrected chi connectivity index (χ3v) is 8.32. The molecule has 0 aromatic heterocycles. The Bertz CT molecular complexity index is 1150. The highest BCUT2D eigenvalue weighted by Gasteiger charge is 2.02. The van der Waals surface area contributed by atoms with Crippen molar-refractivity contribution < 1.29 is 61.6 Å². The Morgan fingerprint density at radius 3 is 1.28 bits per heavy atom. The lowest BCUT2D eigenvalue weighted by atomic mass is 10.0. The first kappa shape index (κ1) is 51.3. The second-order valence-corrected chi connectivity index (χ2v) is 13.1. The van der Waals surface area contributed by atoms with E-state index in [0.29, 0.717) is 145 Å². The van der Waals surface area contributed by atoms with Crippen LogP contribution in [0.25, 0.3) is 0 Å². The highest BCUT2D eigenvalue weighted by Crippen LogP contribution is 2.15. The summed E-state index contributed by atoms with van der Waals surface area (Å²) in [4.78, 5) is 11.7. The van der Waals surface area contributed by atoms with E-state index in [1.807, 2.05) is 42.5 Å². The van der Waals surface area contributed by atoms with Crippen LogP contribution < -0.4 is 10.1 Å². The van der Waals surface area contributed by atoms with Crippen molar-refractivity contribution in [3.63, 3.8) is 0 Å². The number of hydrogen-bond acceptors (Lipinski definition) is 13. The molecule has 0 atom stereocenters. The van der Waals surface area contributed by atoms with Crippen LogP contribution in [0.1, 0.15) is 56.6 Å². The fourth-order valence-electron chi connectivity index (χ4n) is 5.16. The van der Waals surface area contributed by atoms with Gasteiger partial charge in [0.1, 0.15) is 19.0 Å². The molecule has 332 valence electrons. The number of carbonyl (C=O) groups excluding carboxylic acids is 1. The van der Waals surface area contributed by atoms with Crippen LogP contribution in [-0.4, -0.2) is 151 Å². The molecule has 14 heteroatoms. The average Bonchev–Trinajstić information content (AvgIpc) is 3.25. The van der Waals surface area contributed by atoms with Crippen molar-refractivity contribution in [2.75, 3.05) is 145 Å². The first-order valence-electron chi connectivity index (χ1n) is 21.2. The van der Waals surface area contributed by atoms with E-state index in [-0.39, 0.29) is 6.61 Å². The number of rotatable bonds is 43. The van der Waals surface area contributed by atoms with E-state index in [1.54, 1.807) is 0 Å². The summed E-state index contributed by atoms with van der Waals surface area (Å²) in [5, 5.41) is 2.65. The summed E-state index contributed by atoms with van der Waals surface area (Å²) in [6.45, 7) is 13.1. The molecule has 0 saturated carbocycles. The standard InChI is InChI=1S/C44H73NO13/c1-2-3-4-5-6-8-11-41-14-16-43(17-15-41)57-39-38-56-37-36-55-35-34-54-33-32-53-31-30-52-29-28-51-27-26-50-25-24-49-23-22-48-21-20-47-19-18-45-44(46)58-40-42-12-9-7-10-13-42/h7,9-10,12-17H,2-6,8,11,18-40H2,1H3,(H,45,46). The van der Waals surface area contributed by atoms with E-state index in [4.69, 9.17) is 56.8 Å². The molecule has 1 amide bonds. The number of hydrogen-bond donors (Lipinski definition) is 1. The number of carbonyl (C=O) groups is 1. The molecule has 14 nitrogen and oxygen atoms in total.